The maximum atomic E-state index is 9.00. The summed E-state index contributed by atoms with van der Waals surface area (Å²) in [4.78, 5) is 4.03. The van der Waals surface area contributed by atoms with Crippen LogP contribution in [0.2, 0.25) is 0 Å². The standard InChI is InChI=1S/C13H20N4O2/c14-12(17-19)11-7-10(1-5-16-11)8-15-9-13(2-3-13)4-6-18/h1,5,7,15,18-19H,2-4,6,8-9H2,(H2,14,17). The lowest BCUT2D eigenvalue weighted by atomic mass is 10.0. The lowest BCUT2D eigenvalue weighted by Crippen LogP contribution is -2.24. The summed E-state index contributed by atoms with van der Waals surface area (Å²) in [5.41, 5.74) is 7.31. The van der Waals surface area contributed by atoms with Crippen molar-refractivity contribution in [3.05, 3.63) is 29.6 Å². The molecule has 0 amide bonds. The molecule has 0 bridgehead atoms. The largest absolute Gasteiger partial charge is 0.409 e. The van der Waals surface area contributed by atoms with E-state index in [9.17, 15) is 0 Å². The third-order valence-electron chi connectivity index (χ3n) is 3.62. The van der Waals surface area contributed by atoms with Crippen LogP contribution in [0.25, 0.3) is 0 Å². The fourth-order valence-electron chi connectivity index (χ4n) is 2.18. The summed E-state index contributed by atoms with van der Waals surface area (Å²) in [7, 11) is 0. The molecule has 1 aromatic rings. The number of nitrogens with two attached hydrogens (primary N) is 1. The highest BCUT2D eigenvalue weighted by Gasteiger charge is 2.41. The summed E-state index contributed by atoms with van der Waals surface area (Å²) >= 11 is 0. The van der Waals surface area contributed by atoms with Crippen LogP contribution in [0.1, 0.15) is 30.5 Å². The third kappa shape index (κ3) is 3.65. The van der Waals surface area contributed by atoms with Gasteiger partial charge in [0.2, 0.25) is 0 Å². The minimum absolute atomic E-state index is 0.0146. The Bertz CT molecular complexity index is 458. The Labute approximate surface area is 112 Å². The van der Waals surface area contributed by atoms with E-state index in [1.165, 1.54) is 12.8 Å². The molecule has 104 valence electrons. The highest BCUT2D eigenvalue weighted by Crippen LogP contribution is 2.47. The molecule has 1 heterocycles. The van der Waals surface area contributed by atoms with Gasteiger partial charge < -0.3 is 21.4 Å². The van der Waals surface area contributed by atoms with Crippen molar-refractivity contribution < 1.29 is 10.3 Å². The number of nitrogens with zero attached hydrogens (tertiary/aromatic N) is 2. The number of pyridine rings is 1. The molecule has 2 rings (SSSR count). The Morgan fingerprint density at radius 1 is 1.53 bits per heavy atom. The van der Waals surface area contributed by atoms with Crippen molar-refractivity contribution in [3.8, 4) is 0 Å². The fourth-order valence-corrected chi connectivity index (χ4v) is 2.18. The van der Waals surface area contributed by atoms with Crippen molar-refractivity contribution >= 4 is 5.84 Å². The Hall–Kier alpha value is -1.66. The maximum absolute atomic E-state index is 9.00. The lowest BCUT2D eigenvalue weighted by Gasteiger charge is -2.14. The zero-order chi connectivity index (χ0) is 13.7. The van der Waals surface area contributed by atoms with Gasteiger partial charge in [-0.25, -0.2) is 0 Å². The average Bonchev–Trinajstić information content (AvgIpc) is 3.18. The Balaban J connectivity index is 1.86. The number of rotatable bonds is 7. The molecule has 6 heteroatoms. The van der Waals surface area contributed by atoms with Crippen LogP contribution in [-0.4, -0.2) is 34.3 Å². The van der Waals surface area contributed by atoms with Gasteiger partial charge in [0.25, 0.3) is 0 Å². The van der Waals surface area contributed by atoms with Crippen LogP contribution >= 0.6 is 0 Å². The highest BCUT2D eigenvalue weighted by molar-refractivity contribution is 5.95. The first-order valence-corrected chi connectivity index (χ1v) is 6.43. The van der Waals surface area contributed by atoms with Crippen LogP contribution < -0.4 is 11.1 Å². The SMILES string of the molecule is N/C(=N/O)c1cc(CNCC2(CCO)CC2)ccn1. The number of aliphatic hydroxyl groups is 1. The van der Waals surface area contributed by atoms with Gasteiger partial charge in [-0.1, -0.05) is 5.16 Å². The van der Waals surface area contributed by atoms with Crippen molar-refractivity contribution in [3.63, 3.8) is 0 Å². The quantitative estimate of drug-likeness (QED) is 0.247. The van der Waals surface area contributed by atoms with Crippen LogP contribution in [0.5, 0.6) is 0 Å². The van der Waals surface area contributed by atoms with Gasteiger partial charge in [0.05, 0.1) is 0 Å². The van der Waals surface area contributed by atoms with Crippen molar-refractivity contribution in [1.82, 2.24) is 10.3 Å². The minimum atomic E-state index is 0.0146. The van der Waals surface area contributed by atoms with Crippen molar-refractivity contribution in [2.24, 2.45) is 16.3 Å². The predicted octanol–water partition coefficient (Wildman–Crippen LogP) is 0.428. The molecule has 1 aliphatic carbocycles. The number of hydrogen-bond donors (Lipinski definition) is 4. The number of amidine groups is 1. The number of oxime groups is 1. The highest BCUT2D eigenvalue weighted by atomic mass is 16.4. The Morgan fingerprint density at radius 3 is 2.95 bits per heavy atom. The second-order valence-corrected chi connectivity index (χ2v) is 5.11. The van der Waals surface area contributed by atoms with E-state index in [0.717, 1.165) is 18.5 Å². The maximum Gasteiger partial charge on any atom is 0.188 e. The molecule has 1 aromatic heterocycles. The van der Waals surface area contributed by atoms with E-state index in [-0.39, 0.29) is 12.4 Å². The Morgan fingerprint density at radius 2 is 2.32 bits per heavy atom. The summed E-state index contributed by atoms with van der Waals surface area (Å²) in [6.45, 7) is 1.88. The first-order chi connectivity index (χ1) is 9.19. The van der Waals surface area contributed by atoms with E-state index in [2.05, 4.69) is 15.5 Å². The lowest BCUT2D eigenvalue weighted by molar-refractivity contribution is 0.245. The van der Waals surface area contributed by atoms with E-state index in [1.807, 2.05) is 6.07 Å². The van der Waals surface area contributed by atoms with E-state index in [0.29, 0.717) is 17.7 Å². The second-order valence-electron chi connectivity index (χ2n) is 5.11. The van der Waals surface area contributed by atoms with E-state index in [4.69, 9.17) is 16.0 Å². The predicted molar refractivity (Wildman–Crippen MR) is 71.8 cm³/mol. The summed E-state index contributed by atoms with van der Waals surface area (Å²) in [6, 6.07) is 3.69. The van der Waals surface area contributed by atoms with Crippen LogP contribution in [0.15, 0.2) is 23.5 Å². The van der Waals surface area contributed by atoms with E-state index in [1.54, 1.807) is 12.3 Å². The van der Waals surface area contributed by atoms with Crippen LogP contribution in [0, 0.1) is 5.41 Å². The molecule has 5 N–H and O–H groups in total. The van der Waals surface area contributed by atoms with Gasteiger partial charge >= 0.3 is 0 Å². The normalized spacial score (nSPS) is 17.4. The number of aliphatic hydroxyl groups excluding tert-OH is 1. The molecular formula is C13H20N4O2. The number of aromatic nitrogens is 1. The summed E-state index contributed by atoms with van der Waals surface area (Å²) in [5.74, 6) is 0.0146. The van der Waals surface area contributed by atoms with Gasteiger partial charge in [-0.15, -0.1) is 0 Å². The van der Waals surface area contributed by atoms with Gasteiger partial charge in [0.15, 0.2) is 5.84 Å². The molecule has 0 saturated heterocycles. The van der Waals surface area contributed by atoms with E-state index >= 15 is 0 Å². The molecule has 1 saturated carbocycles. The average molecular weight is 264 g/mol. The third-order valence-corrected chi connectivity index (χ3v) is 3.62. The smallest absolute Gasteiger partial charge is 0.188 e. The zero-order valence-electron chi connectivity index (χ0n) is 10.8. The first-order valence-electron chi connectivity index (χ1n) is 6.43. The molecule has 19 heavy (non-hydrogen) atoms. The summed E-state index contributed by atoms with van der Waals surface area (Å²) in [5, 5.41) is 23.9. The Kier molecular flexibility index (Phi) is 4.34. The van der Waals surface area contributed by atoms with Gasteiger partial charge in [-0.3, -0.25) is 4.98 Å². The zero-order valence-corrected chi connectivity index (χ0v) is 10.8. The molecule has 1 fully saturated rings. The molecule has 0 aliphatic heterocycles. The number of nitrogens with one attached hydrogen (secondary N) is 1. The number of hydrogen-bond acceptors (Lipinski definition) is 5. The molecular weight excluding hydrogens is 244 g/mol. The molecule has 0 radical (unpaired) electrons. The van der Waals surface area contributed by atoms with E-state index < -0.39 is 0 Å². The van der Waals surface area contributed by atoms with Crippen molar-refractivity contribution in [1.29, 1.82) is 0 Å². The summed E-state index contributed by atoms with van der Waals surface area (Å²) in [6.07, 6.45) is 4.88. The fraction of sp³-hybridized carbons (Fsp3) is 0.538. The molecule has 1 aliphatic rings. The molecule has 0 aromatic carbocycles. The molecule has 6 nitrogen and oxygen atoms in total. The topological polar surface area (TPSA) is 104 Å². The van der Waals surface area contributed by atoms with Crippen LogP contribution in [0.3, 0.4) is 0 Å². The second kappa shape index (κ2) is 5.99. The summed E-state index contributed by atoms with van der Waals surface area (Å²) < 4.78 is 0. The molecule has 0 unspecified atom stereocenters. The minimum Gasteiger partial charge on any atom is -0.409 e. The molecule has 0 atom stereocenters. The van der Waals surface area contributed by atoms with Crippen molar-refractivity contribution in [2.75, 3.05) is 13.2 Å². The van der Waals surface area contributed by atoms with Crippen LogP contribution in [-0.2, 0) is 6.54 Å². The monoisotopic (exact) mass is 264 g/mol. The first kappa shape index (κ1) is 13.8. The van der Waals surface area contributed by atoms with Crippen molar-refractivity contribution in [2.45, 2.75) is 25.8 Å². The van der Waals surface area contributed by atoms with Crippen LogP contribution in [0.4, 0.5) is 0 Å². The van der Waals surface area contributed by atoms with Gasteiger partial charge in [-0.2, -0.15) is 0 Å². The van der Waals surface area contributed by atoms with Gasteiger partial charge in [0, 0.05) is 25.9 Å². The van der Waals surface area contributed by atoms with Gasteiger partial charge in [-0.05, 0) is 42.4 Å². The molecule has 0 spiro atoms. The van der Waals surface area contributed by atoms with Gasteiger partial charge in [0.1, 0.15) is 5.69 Å².